The highest BCUT2D eigenvalue weighted by molar-refractivity contribution is 5.93. The van der Waals surface area contributed by atoms with E-state index in [4.69, 9.17) is 15.9 Å². The van der Waals surface area contributed by atoms with Crippen molar-refractivity contribution < 1.29 is 29.4 Å². The van der Waals surface area contributed by atoms with Crippen LogP contribution in [-0.2, 0) is 19.2 Å². The second kappa shape index (κ2) is 8.87. The van der Waals surface area contributed by atoms with E-state index in [1.54, 1.807) is 0 Å². The Morgan fingerprint density at radius 3 is 1.95 bits per heavy atom. The first kappa shape index (κ1) is 18.8. The highest BCUT2D eigenvalue weighted by Gasteiger charge is 2.22. The Bertz CT molecular complexity index is 414. The quantitative estimate of drug-likeness (QED) is 0.270. The summed E-state index contributed by atoms with van der Waals surface area (Å²) in [7, 11) is 0. The van der Waals surface area contributed by atoms with E-state index in [0.717, 1.165) is 0 Å². The molecule has 3 unspecified atom stereocenters. The first-order valence-electron chi connectivity index (χ1n) is 6.15. The molecule has 0 spiro atoms. The van der Waals surface area contributed by atoms with Crippen LogP contribution in [0.25, 0.3) is 0 Å². The molecule has 0 aliphatic rings. The van der Waals surface area contributed by atoms with Gasteiger partial charge in [-0.2, -0.15) is 0 Å². The van der Waals surface area contributed by atoms with Gasteiger partial charge in [-0.25, -0.2) is 0 Å². The molecule has 0 aromatic carbocycles. The van der Waals surface area contributed by atoms with Crippen LogP contribution < -0.4 is 21.7 Å². The van der Waals surface area contributed by atoms with Gasteiger partial charge in [-0.05, 0) is 13.8 Å². The molecule has 0 radical (unpaired) electrons. The molecule has 0 aliphatic carbocycles. The summed E-state index contributed by atoms with van der Waals surface area (Å²) < 4.78 is 0. The van der Waals surface area contributed by atoms with E-state index in [1.165, 1.54) is 13.8 Å². The largest absolute Gasteiger partial charge is 0.480 e. The number of rotatable bonds is 8. The van der Waals surface area contributed by atoms with Crippen LogP contribution in [0.4, 0.5) is 0 Å². The zero-order valence-electron chi connectivity index (χ0n) is 11.8. The molecule has 0 rings (SSSR count). The summed E-state index contributed by atoms with van der Waals surface area (Å²) in [5.74, 6) is -3.23. The van der Waals surface area contributed by atoms with Crippen molar-refractivity contribution in [3.63, 3.8) is 0 Å². The molecule has 7 N–H and O–H groups in total. The average molecular weight is 304 g/mol. The van der Waals surface area contributed by atoms with Crippen LogP contribution in [-0.4, -0.2) is 65.2 Å². The highest BCUT2D eigenvalue weighted by Crippen LogP contribution is 1.89. The molecule has 21 heavy (non-hydrogen) atoms. The van der Waals surface area contributed by atoms with Gasteiger partial charge in [-0.15, -0.1) is 0 Å². The van der Waals surface area contributed by atoms with Gasteiger partial charge in [-0.3, -0.25) is 19.2 Å². The van der Waals surface area contributed by atoms with Crippen molar-refractivity contribution in [2.45, 2.75) is 32.0 Å². The molecule has 3 amide bonds. The van der Waals surface area contributed by atoms with E-state index in [0.29, 0.717) is 0 Å². The van der Waals surface area contributed by atoms with Gasteiger partial charge in [0.1, 0.15) is 24.7 Å². The first-order valence-corrected chi connectivity index (χ1v) is 6.15. The van der Waals surface area contributed by atoms with E-state index in [1.807, 2.05) is 0 Å². The monoisotopic (exact) mass is 304 g/mol. The van der Waals surface area contributed by atoms with Gasteiger partial charge >= 0.3 is 5.97 Å². The van der Waals surface area contributed by atoms with E-state index in [2.05, 4.69) is 16.0 Å². The van der Waals surface area contributed by atoms with Gasteiger partial charge in [0.2, 0.25) is 17.7 Å². The minimum Gasteiger partial charge on any atom is -0.480 e. The Hall–Kier alpha value is -2.20. The van der Waals surface area contributed by atoms with Gasteiger partial charge < -0.3 is 31.9 Å². The number of carbonyl (C=O) groups is 4. The van der Waals surface area contributed by atoms with Crippen LogP contribution in [0, 0.1) is 0 Å². The number of aliphatic carboxylic acids is 1. The Morgan fingerprint density at radius 2 is 1.48 bits per heavy atom. The van der Waals surface area contributed by atoms with Crippen molar-refractivity contribution in [1.29, 1.82) is 0 Å². The lowest BCUT2D eigenvalue weighted by Crippen LogP contribution is -2.54. The highest BCUT2D eigenvalue weighted by atomic mass is 16.4. The number of amides is 3. The van der Waals surface area contributed by atoms with Crippen LogP contribution in [0.3, 0.4) is 0 Å². The summed E-state index contributed by atoms with van der Waals surface area (Å²) in [6.07, 6.45) is 0. The molecule has 3 atom stereocenters. The second-order valence-electron chi connectivity index (χ2n) is 4.36. The molecule has 10 nitrogen and oxygen atoms in total. The van der Waals surface area contributed by atoms with Crippen LogP contribution in [0.2, 0.25) is 0 Å². The predicted molar refractivity (Wildman–Crippen MR) is 70.9 cm³/mol. The van der Waals surface area contributed by atoms with Crippen molar-refractivity contribution >= 4 is 23.7 Å². The summed E-state index contributed by atoms with van der Waals surface area (Å²) >= 11 is 0. The fraction of sp³-hybridized carbons (Fsp3) is 0.636. The maximum Gasteiger partial charge on any atom is 0.322 e. The number of carbonyl (C=O) groups excluding carboxylic acids is 3. The number of carboxylic acid groups (broad SMARTS) is 1. The maximum atomic E-state index is 11.7. The zero-order chi connectivity index (χ0) is 16.6. The Morgan fingerprint density at radius 1 is 1.00 bits per heavy atom. The molecule has 120 valence electrons. The van der Waals surface area contributed by atoms with Gasteiger partial charge in [0, 0.05) is 0 Å². The van der Waals surface area contributed by atoms with Crippen molar-refractivity contribution in [1.82, 2.24) is 16.0 Å². The molecule has 0 heterocycles. The van der Waals surface area contributed by atoms with Crippen LogP contribution >= 0.6 is 0 Å². The lowest BCUT2D eigenvalue weighted by Gasteiger charge is -2.19. The van der Waals surface area contributed by atoms with E-state index < -0.39 is 55.0 Å². The Kier molecular flexibility index (Phi) is 7.94. The second-order valence-corrected chi connectivity index (χ2v) is 4.36. The topological polar surface area (TPSA) is 171 Å². The molecule has 0 aromatic heterocycles. The molecule has 0 fully saturated rings. The fourth-order valence-electron chi connectivity index (χ4n) is 1.19. The lowest BCUT2D eigenvalue weighted by atomic mass is 10.2. The van der Waals surface area contributed by atoms with Gasteiger partial charge in [0.25, 0.3) is 0 Å². The predicted octanol–water partition coefficient (Wildman–Crippen LogP) is -3.48. The van der Waals surface area contributed by atoms with Crippen molar-refractivity contribution in [3.8, 4) is 0 Å². The van der Waals surface area contributed by atoms with E-state index >= 15 is 0 Å². The normalized spacial score (nSPS) is 14.5. The number of nitrogens with one attached hydrogen (secondary N) is 3. The van der Waals surface area contributed by atoms with E-state index in [9.17, 15) is 19.2 Å². The Balaban J connectivity index is 4.30. The number of aliphatic hydroxyl groups is 1. The molecule has 0 saturated heterocycles. The maximum absolute atomic E-state index is 11.7. The molecule has 0 aliphatic heterocycles. The lowest BCUT2D eigenvalue weighted by molar-refractivity contribution is -0.138. The SMILES string of the molecule is CC(NC(=O)C(N)CO)C(=O)NC(C)C(=O)NCC(=O)O. The summed E-state index contributed by atoms with van der Waals surface area (Å²) in [5.41, 5.74) is 5.27. The standard InChI is InChI=1S/C11H20N4O6/c1-5(9(19)13-3-8(17)18)14-10(20)6(2)15-11(21)7(12)4-16/h5-7,16H,3-4,12H2,1-2H3,(H,13,19)(H,14,20)(H,15,21)(H,17,18). The summed E-state index contributed by atoms with van der Waals surface area (Å²) in [4.78, 5) is 44.8. The van der Waals surface area contributed by atoms with Crippen molar-refractivity contribution in [2.24, 2.45) is 5.73 Å². The smallest absolute Gasteiger partial charge is 0.322 e. The van der Waals surface area contributed by atoms with Gasteiger partial charge in [0.05, 0.1) is 6.61 Å². The fourth-order valence-corrected chi connectivity index (χ4v) is 1.19. The number of hydrogen-bond acceptors (Lipinski definition) is 6. The van der Waals surface area contributed by atoms with Crippen molar-refractivity contribution in [3.05, 3.63) is 0 Å². The van der Waals surface area contributed by atoms with Gasteiger partial charge in [-0.1, -0.05) is 0 Å². The van der Waals surface area contributed by atoms with Crippen LogP contribution in [0.5, 0.6) is 0 Å². The molecule has 0 saturated carbocycles. The first-order chi connectivity index (χ1) is 9.68. The third-order valence-electron chi connectivity index (χ3n) is 2.45. The summed E-state index contributed by atoms with van der Waals surface area (Å²) in [6.45, 7) is 1.62. The minimum absolute atomic E-state index is 0.559. The molecule has 0 aromatic rings. The van der Waals surface area contributed by atoms with Crippen LogP contribution in [0.1, 0.15) is 13.8 Å². The molecule has 0 bridgehead atoms. The van der Waals surface area contributed by atoms with E-state index in [-0.39, 0.29) is 0 Å². The number of carboxylic acids is 1. The van der Waals surface area contributed by atoms with Crippen LogP contribution in [0.15, 0.2) is 0 Å². The third-order valence-corrected chi connectivity index (χ3v) is 2.45. The number of nitrogens with two attached hydrogens (primary N) is 1. The average Bonchev–Trinajstić information content (AvgIpc) is 2.42. The Labute approximate surface area is 121 Å². The van der Waals surface area contributed by atoms with Gasteiger partial charge in [0.15, 0.2) is 0 Å². The molecule has 10 heteroatoms. The zero-order valence-corrected chi connectivity index (χ0v) is 11.8. The molecular weight excluding hydrogens is 284 g/mol. The summed E-state index contributed by atoms with van der Waals surface area (Å²) in [6, 6.07) is -3.08. The summed E-state index contributed by atoms with van der Waals surface area (Å²) in [5, 5.41) is 23.8. The number of hydrogen-bond donors (Lipinski definition) is 6. The number of aliphatic hydroxyl groups excluding tert-OH is 1. The molecular formula is C11H20N4O6. The minimum atomic E-state index is -1.21. The van der Waals surface area contributed by atoms with Crippen molar-refractivity contribution in [2.75, 3.05) is 13.2 Å². The third kappa shape index (κ3) is 7.22.